The Labute approximate surface area is 190 Å². The monoisotopic (exact) mass is 450 g/mol. The van der Waals surface area contributed by atoms with Crippen LogP contribution in [0.3, 0.4) is 0 Å². The molecule has 1 saturated carbocycles. The van der Waals surface area contributed by atoms with E-state index < -0.39 is 5.25 Å². The number of nitrogens with zero attached hydrogens (tertiary/aromatic N) is 3. The number of para-hydroxylation sites is 1. The summed E-state index contributed by atoms with van der Waals surface area (Å²) in [7, 11) is 0. The van der Waals surface area contributed by atoms with Crippen LogP contribution in [0.15, 0.2) is 58.5 Å². The maximum absolute atomic E-state index is 13.0. The Bertz CT molecular complexity index is 1180. The van der Waals surface area contributed by atoms with Crippen LogP contribution in [0, 0.1) is 0 Å². The molecule has 2 aliphatic rings. The normalized spacial score (nSPS) is 17.3. The highest BCUT2D eigenvalue weighted by Gasteiger charge is 2.30. The molecule has 1 aromatic heterocycles. The molecule has 2 fully saturated rings. The second-order valence-electron chi connectivity index (χ2n) is 8.21. The van der Waals surface area contributed by atoms with E-state index in [9.17, 15) is 9.59 Å². The number of fused-ring (bicyclic) bond motifs is 1. The second-order valence-corrected chi connectivity index (χ2v) is 9.52. The maximum Gasteiger partial charge on any atom is 0.262 e. The van der Waals surface area contributed by atoms with E-state index in [-0.39, 0.29) is 17.5 Å². The smallest absolute Gasteiger partial charge is 0.262 e. The molecule has 0 radical (unpaired) electrons. The van der Waals surface area contributed by atoms with Gasteiger partial charge in [0.15, 0.2) is 5.16 Å². The summed E-state index contributed by atoms with van der Waals surface area (Å²) in [5.41, 5.74) is 2.53. The summed E-state index contributed by atoms with van der Waals surface area (Å²) in [5.74, 6) is -0.112. The number of aromatic nitrogens is 2. The molecule has 1 atom stereocenters. The van der Waals surface area contributed by atoms with Crippen molar-refractivity contribution in [3.05, 3.63) is 58.9 Å². The first kappa shape index (κ1) is 21.0. The maximum atomic E-state index is 13.0. The highest BCUT2D eigenvalue weighted by Crippen LogP contribution is 2.37. The van der Waals surface area contributed by atoms with E-state index in [0.29, 0.717) is 16.1 Å². The van der Waals surface area contributed by atoms with E-state index in [0.717, 1.165) is 50.5 Å². The molecule has 2 aromatic carbocycles. The largest absolute Gasteiger partial charge is 0.378 e. The van der Waals surface area contributed by atoms with Gasteiger partial charge in [0.25, 0.3) is 5.56 Å². The second kappa shape index (κ2) is 8.96. The molecular formula is C24H26N4O3S. The van der Waals surface area contributed by atoms with Crippen molar-refractivity contribution in [1.82, 2.24) is 9.55 Å². The van der Waals surface area contributed by atoms with Gasteiger partial charge < -0.3 is 15.0 Å². The van der Waals surface area contributed by atoms with Crippen LogP contribution in [0.5, 0.6) is 0 Å². The van der Waals surface area contributed by atoms with E-state index in [2.05, 4.69) is 10.2 Å². The molecule has 1 saturated heterocycles. The number of rotatable bonds is 6. The first-order valence-corrected chi connectivity index (χ1v) is 11.9. The number of ether oxygens (including phenoxy) is 1. The Morgan fingerprint density at radius 3 is 2.56 bits per heavy atom. The summed E-state index contributed by atoms with van der Waals surface area (Å²) in [6.07, 6.45) is 1.95. The zero-order valence-corrected chi connectivity index (χ0v) is 18.8. The zero-order valence-electron chi connectivity index (χ0n) is 18.0. The van der Waals surface area contributed by atoms with Crippen LogP contribution in [-0.2, 0) is 9.53 Å². The number of amides is 1. The van der Waals surface area contributed by atoms with Crippen LogP contribution in [-0.4, -0.2) is 47.0 Å². The number of benzene rings is 2. The van der Waals surface area contributed by atoms with E-state index in [1.807, 2.05) is 55.5 Å². The lowest BCUT2D eigenvalue weighted by Gasteiger charge is -2.28. The predicted octanol–water partition coefficient (Wildman–Crippen LogP) is 3.69. The van der Waals surface area contributed by atoms with Gasteiger partial charge in [-0.1, -0.05) is 23.9 Å². The fraction of sp³-hybridized carbons (Fsp3) is 0.375. The van der Waals surface area contributed by atoms with Gasteiger partial charge in [-0.3, -0.25) is 14.2 Å². The fourth-order valence-corrected chi connectivity index (χ4v) is 4.87. The lowest BCUT2D eigenvalue weighted by Crippen LogP contribution is -2.36. The SMILES string of the molecule is CC(Sc1nc2ccccc2c(=O)n1C1CC1)C(=O)Nc1ccc(N2CCOCC2)cc1. The molecule has 0 spiro atoms. The lowest BCUT2D eigenvalue weighted by atomic mass is 10.2. The summed E-state index contributed by atoms with van der Waals surface area (Å²) in [4.78, 5) is 32.9. The van der Waals surface area contributed by atoms with Crippen molar-refractivity contribution in [3.63, 3.8) is 0 Å². The first-order chi connectivity index (χ1) is 15.6. The standard InChI is InChI=1S/C24H26N4O3S/c1-16(22(29)25-17-6-8-18(9-7-17)27-12-14-31-15-13-27)32-24-26-21-5-3-2-4-20(21)23(30)28(24)19-10-11-19/h2-9,16,19H,10-15H2,1H3,(H,25,29). The molecule has 8 heteroatoms. The first-order valence-electron chi connectivity index (χ1n) is 11.0. The molecule has 7 nitrogen and oxygen atoms in total. The van der Waals surface area contributed by atoms with Crippen molar-refractivity contribution in [3.8, 4) is 0 Å². The van der Waals surface area contributed by atoms with E-state index >= 15 is 0 Å². The van der Waals surface area contributed by atoms with Crippen molar-refractivity contribution in [2.45, 2.75) is 36.2 Å². The molecule has 32 heavy (non-hydrogen) atoms. The summed E-state index contributed by atoms with van der Waals surface area (Å²) in [6, 6.07) is 15.5. The van der Waals surface area contributed by atoms with Gasteiger partial charge in [0.2, 0.25) is 5.91 Å². The quantitative estimate of drug-likeness (QED) is 0.456. The number of thioether (sulfide) groups is 1. The average Bonchev–Trinajstić information content (AvgIpc) is 3.65. The zero-order chi connectivity index (χ0) is 22.1. The summed E-state index contributed by atoms with van der Waals surface area (Å²) < 4.78 is 7.18. The van der Waals surface area contributed by atoms with Gasteiger partial charge in [0, 0.05) is 30.5 Å². The Kier molecular flexibility index (Phi) is 5.89. The molecule has 5 rings (SSSR count). The number of anilines is 2. The van der Waals surface area contributed by atoms with E-state index in [1.54, 1.807) is 4.57 Å². The molecule has 1 amide bonds. The van der Waals surface area contributed by atoms with Crippen LogP contribution in [0.25, 0.3) is 10.9 Å². The molecule has 166 valence electrons. The average molecular weight is 451 g/mol. The highest BCUT2D eigenvalue weighted by atomic mass is 32.2. The lowest BCUT2D eigenvalue weighted by molar-refractivity contribution is -0.115. The van der Waals surface area contributed by atoms with E-state index in [1.165, 1.54) is 11.8 Å². The minimum atomic E-state index is -0.396. The van der Waals surface area contributed by atoms with Crippen LogP contribution >= 0.6 is 11.8 Å². The number of carbonyl (C=O) groups is 1. The Balaban J connectivity index is 1.30. The Hall–Kier alpha value is -2.84. The highest BCUT2D eigenvalue weighted by molar-refractivity contribution is 8.00. The van der Waals surface area contributed by atoms with Crippen LogP contribution in [0.2, 0.25) is 0 Å². The summed E-state index contributed by atoms with van der Waals surface area (Å²) >= 11 is 1.34. The molecule has 1 aliphatic carbocycles. The third kappa shape index (κ3) is 4.38. The van der Waals surface area contributed by atoms with Gasteiger partial charge >= 0.3 is 0 Å². The summed E-state index contributed by atoms with van der Waals surface area (Å²) in [6.45, 7) is 5.08. The number of nitrogens with one attached hydrogen (secondary N) is 1. The van der Waals surface area contributed by atoms with Crippen molar-refractivity contribution >= 4 is 39.9 Å². The van der Waals surface area contributed by atoms with Crippen LogP contribution in [0.1, 0.15) is 25.8 Å². The van der Waals surface area contributed by atoms with Crippen molar-refractivity contribution in [1.29, 1.82) is 0 Å². The third-order valence-corrected chi connectivity index (χ3v) is 6.92. The van der Waals surface area contributed by atoms with Gasteiger partial charge in [-0.15, -0.1) is 0 Å². The number of hydrogen-bond acceptors (Lipinski definition) is 6. The van der Waals surface area contributed by atoms with Crippen molar-refractivity contribution in [2.75, 3.05) is 36.5 Å². The minimum absolute atomic E-state index is 0.0214. The molecule has 3 aromatic rings. The Morgan fingerprint density at radius 2 is 1.84 bits per heavy atom. The molecule has 2 heterocycles. The van der Waals surface area contributed by atoms with Gasteiger partial charge in [0.05, 0.1) is 29.4 Å². The molecule has 1 N–H and O–H groups in total. The molecule has 1 unspecified atom stereocenters. The minimum Gasteiger partial charge on any atom is -0.378 e. The van der Waals surface area contributed by atoms with Crippen molar-refractivity contribution in [2.24, 2.45) is 0 Å². The molecule has 0 bridgehead atoms. The Morgan fingerprint density at radius 1 is 1.12 bits per heavy atom. The van der Waals surface area contributed by atoms with Crippen LogP contribution < -0.4 is 15.8 Å². The topological polar surface area (TPSA) is 76.5 Å². The van der Waals surface area contributed by atoms with Gasteiger partial charge in [-0.25, -0.2) is 4.98 Å². The van der Waals surface area contributed by atoms with Gasteiger partial charge in [-0.05, 0) is 56.2 Å². The number of morpholine rings is 1. The van der Waals surface area contributed by atoms with Gasteiger partial charge in [-0.2, -0.15) is 0 Å². The molecular weight excluding hydrogens is 424 g/mol. The predicted molar refractivity (Wildman–Crippen MR) is 128 cm³/mol. The van der Waals surface area contributed by atoms with Crippen LogP contribution in [0.4, 0.5) is 11.4 Å². The third-order valence-electron chi connectivity index (χ3n) is 5.85. The summed E-state index contributed by atoms with van der Waals surface area (Å²) in [5, 5.41) is 3.83. The number of carbonyl (C=O) groups excluding carboxylic acids is 1. The fourth-order valence-electron chi connectivity index (χ4n) is 3.90. The van der Waals surface area contributed by atoms with Crippen molar-refractivity contribution < 1.29 is 9.53 Å². The van der Waals surface area contributed by atoms with E-state index in [4.69, 9.17) is 9.72 Å². The number of hydrogen-bond donors (Lipinski definition) is 1. The van der Waals surface area contributed by atoms with Gasteiger partial charge in [0.1, 0.15) is 0 Å². The molecule has 1 aliphatic heterocycles.